The van der Waals surface area contributed by atoms with Crippen LogP contribution in [0.4, 0.5) is 4.79 Å². The maximum absolute atomic E-state index is 11.1. The molecule has 1 rings (SSSR count). The van der Waals surface area contributed by atoms with Crippen molar-refractivity contribution in [2.75, 3.05) is 6.61 Å². The highest BCUT2D eigenvalue weighted by Crippen LogP contribution is 2.14. The number of carbonyl (C=O) groups is 1. The van der Waals surface area contributed by atoms with Gasteiger partial charge in [-0.2, -0.15) is 0 Å². The van der Waals surface area contributed by atoms with E-state index in [1.165, 1.54) is 19.3 Å². The smallest absolute Gasteiger partial charge is 0.435 e. The Hall–Kier alpha value is -0.990. The number of hydrogen-bond donors (Lipinski definition) is 0. The van der Waals surface area contributed by atoms with Crippen molar-refractivity contribution in [2.24, 2.45) is 0 Å². The highest BCUT2D eigenvalue weighted by Gasteiger charge is 2.12. The van der Waals surface area contributed by atoms with Crippen LogP contribution in [-0.2, 0) is 9.47 Å². The van der Waals surface area contributed by atoms with Crippen molar-refractivity contribution in [3.63, 3.8) is 0 Å². The van der Waals surface area contributed by atoms with E-state index in [-0.39, 0.29) is 6.10 Å². The first-order valence-corrected chi connectivity index (χ1v) is 5.83. The number of allylic oxidation sites excluding steroid dienone is 1. The van der Waals surface area contributed by atoms with Crippen LogP contribution in [0.25, 0.3) is 0 Å². The summed E-state index contributed by atoms with van der Waals surface area (Å²) >= 11 is 0. The third-order valence-electron chi connectivity index (χ3n) is 2.47. The number of hydrogen-bond acceptors (Lipinski definition) is 3. The molecule has 0 amide bonds. The van der Waals surface area contributed by atoms with Gasteiger partial charge in [-0.3, -0.25) is 0 Å². The van der Waals surface area contributed by atoms with Crippen LogP contribution in [0.15, 0.2) is 12.2 Å². The molecule has 86 valence electrons. The van der Waals surface area contributed by atoms with E-state index in [0.29, 0.717) is 6.61 Å². The van der Waals surface area contributed by atoms with Gasteiger partial charge in [0.1, 0.15) is 6.10 Å². The van der Waals surface area contributed by atoms with Crippen molar-refractivity contribution in [2.45, 2.75) is 51.6 Å². The van der Waals surface area contributed by atoms with Crippen molar-refractivity contribution in [3.8, 4) is 0 Å². The lowest BCUT2D eigenvalue weighted by Gasteiger charge is -2.12. The SMILES string of the molecule is CCOC(=O)OC1/C=C\CCCCCC1. The van der Waals surface area contributed by atoms with E-state index in [2.05, 4.69) is 6.08 Å². The van der Waals surface area contributed by atoms with E-state index in [0.717, 1.165) is 19.3 Å². The molecule has 1 aliphatic rings. The van der Waals surface area contributed by atoms with Gasteiger partial charge in [-0.25, -0.2) is 4.79 Å². The first-order valence-electron chi connectivity index (χ1n) is 5.83. The Morgan fingerprint density at radius 2 is 2.13 bits per heavy atom. The third kappa shape index (κ3) is 5.45. The molecule has 0 aromatic carbocycles. The largest absolute Gasteiger partial charge is 0.508 e. The van der Waals surface area contributed by atoms with E-state index in [1.54, 1.807) is 6.92 Å². The van der Waals surface area contributed by atoms with Gasteiger partial charge >= 0.3 is 6.16 Å². The molecule has 3 heteroatoms. The average molecular weight is 212 g/mol. The topological polar surface area (TPSA) is 35.5 Å². The lowest BCUT2D eigenvalue weighted by atomic mass is 10.1. The summed E-state index contributed by atoms with van der Waals surface area (Å²) in [5.41, 5.74) is 0. The van der Waals surface area contributed by atoms with Gasteiger partial charge in [-0.05, 0) is 38.7 Å². The van der Waals surface area contributed by atoms with Crippen molar-refractivity contribution in [1.29, 1.82) is 0 Å². The molecule has 0 saturated carbocycles. The van der Waals surface area contributed by atoms with Crippen LogP contribution in [-0.4, -0.2) is 18.9 Å². The zero-order valence-electron chi connectivity index (χ0n) is 9.41. The van der Waals surface area contributed by atoms with Crippen molar-refractivity contribution < 1.29 is 14.3 Å². The van der Waals surface area contributed by atoms with Crippen LogP contribution < -0.4 is 0 Å². The fourth-order valence-corrected chi connectivity index (χ4v) is 1.68. The fourth-order valence-electron chi connectivity index (χ4n) is 1.68. The molecular formula is C12H20O3. The second-order valence-electron chi connectivity index (χ2n) is 3.76. The van der Waals surface area contributed by atoms with Gasteiger partial charge in [0, 0.05) is 0 Å². The van der Waals surface area contributed by atoms with Crippen LogP contribution in [0.2, 0.25) is 0 Å². The lowest BCUT2D eigenvalue weighted by Crippen LogP contribution is -2.17. The molecule has 0 aromatic heterocycles. The quantitative estimate of drug-likeness (QED) is 0.519. The molecule has 1 atom stereocenters. The highest BCUT2D eigenvalue weighted by atomic mass is 16.7. The van der Waals surface area contributed by atoms with Crippen molar-refractivity contribution in [1.82, 2.24) is 0 Å². The normalized spacial score (nSPS) is 24.5. The molecule has 0 saturated heterocycles. The summed E-state index contributed by atoms with van der Waals surface area (Å²) in [4.78, 5) is 11.1. The minimum absolute atomic E-state index is 0.0952. The summed E-state index contributed by atoms with van der Waals surface area (Å²) in [7, 11) is 0. The molecule has 0 aliphatic heterocycles. The molecule has 0 N–H and O–H groups in total. The highest BCUT2D eigenvalue weighted by molar-refractivity contribution is 5.60. The minimum Gasteiger partial charge on any atom is -0.435 e. The number of ether oxygens (including phenoxy) is 2. The lowest BCUT2D eigenvalue weighted by molar-refractivity contribution is 0.0376. The van der Waals surface area contributed by atoms with Gasteiger partial charge in [0.05, 0.1) is 6.61 Å². The molecule has 1 unspecified atom stereocenters. The maximum Gasteiger partial charge on any atom is 0.508 e. The fraction of sp³-hybridized carbons (Fsp3) is 0.750. The number of rotatable bonds is 2. The molecule has 0 heterocycles. The Kier molecular flexibility index (Phi) is 5.90. The van der Waals surface area contributed by atoms with Crippen LogP contribution in [0.3, 0.4) is 0 Å². The van der Waals surface area contributed by atoms with Gasteiger partial charge in [0.15, 0.2) is 0 Å². The summed E-state index contributed by atoms with van der Waals surface area (Å²) in [5, 5.41) is 0. The summed E-state index contributed by atoms with van der Waals surface area (Å²) in [6, 6.07) is 0. The van der Waals surface area contributed by atoms with Gasteiger partial charge in [-0.1, -0.05) is 18.9 Å². The molecule has 0 fully saturated rings. The van der Waals surface area contributed by atoms with Crippen molar-refractivity contribution >= 4 is 6.16 Å². The summed E-state index contributed by atoms with van der Waals surface area (Å²) in [6.45, 7) is 2.15. The van der Waals surface area contributed by atoms with Crippen LogP contribution in [0, 0.1) is 0 Å². The van der Waals surface area contributed by atoms with E-state index in [4.69, 9.17) is 9.47 Å². The zero-order chi connectivity index (χ0) is 10.9. The third-order valence-corrected chi connectivity index (χ3v) is 2.47. The van der Waals surface area contributed by atoms with Crippen molar-refractivity contribution in [3.05, 3.63) is 12.2 Å². The summed E-state index contributed by atoms with van der Waals surface area (Å²) < 4.78 is 9.93. The van der Waals surface area contributed by atoms with E-state index >= 15 is 0 Å². The minimum atomic E-state index is -0.550. The molecule has 15 heavy (non-hydrogen) atoms. The van der Waals surface area contributed by atoms with Gasteiger partial charge < -0.3 is 9.47 Å². The van der Waals surface area contributed by atoms with Crippen LogP contribution >= 0.6 is 0 Å². The van der Waals surface area contributed by atoms with Gasteiger partial charge in [-0.15, -0.1) is 0 Å². The predicted molar refractivity (Wildman–Crippen MR) is 58.7 cm³/mol. The Bertz CT molecular complexity index is 211. The monoisotopic (exact) mass is 212 g/mol. The second kappa shape index (κ2) is 7.32. The average Bonchev–Trinajstić information content (AvgIpc) is 2.32. The van der Waals surface area contributed by atoms with Gasteiger partial charge in [0.25, 0.3) is 0 Å². The number of carbonyl (C=O) groups excluding carboxylic acids is 1. The Morgan fingerprint density at radius 1 is 1.33 bits per heavy atom. The van der Waals surface area contributed by atoms with Crippen LogP contribution in [0.5, 0.6) is 0 Å². The molecular weight excluding hydrogens is 192 g/mol. The summed E-state index contributed by atoms with van der Waals surface area (Å²) in [6.07, 6.45) is 10.3. The Morgan fingerprint density at radius 3 is 2.93 bits per heavy atom. The van der Waals surface area contributed by atoms with Gasteiger partial charge in [0.2, 0.25) is 0 Å². The second-order valence-corrected chi connectivity index (χ2v) is 3.76. The Balaban J connectivity index is 2.35. The molecule has 0 aromatic rings. The predicted octanol–water partition coefficient (Wildman–Crippen LogP) is 3.44. The Labute approximate surface area is 91.4 Å². The van der Waals surface area contributed by atoms with Crippen LogP contribution in [0.1, 0.15) is 45.4 Å². The zero-order valence-corrected chi connectivity index (χ0v) is 9.41. The molecule has 1 aliphatic carbocycles. The first-order chi connectivity index (χ1) is 7.33. The molecule has 0 radical (unpaired) electrons. The summed E-state index contributed by atoms with van der Waals surface area (Å²) in [5.74, 6) is 0. The van der Waals surface area contributed by atoms with E-state index in [9.17, 15) is 4.79 Å². The van der Waals surface area contributed by atoms with E-state index in [1.807, 2.05) is 6.08 Å². The van der Waals surface area contributed by atoms with E-state index < -0.39 is 6.16 Å². The molecule has 0 bridgehead atoms. The molecule has 3 nitrogen and oxygen atoms in total. The molecule has 0 spiro atoms. The maximum atomic E-state index is 11.1. The first kappa shape index (κ1) is 12.1. The standard InChI is InChI=1S/C12H20O3/c1-2-14-12(13)15-11-9-7-5-3-4-6-8-10-11/h7,9,11H,2-6,8,10H2,1H3/b9-7-.